The molecule has 2 aromatic heterocycles. The number of fused-ring (bicyclic) bond motifs is 2. The fraction of sp³-hybridized carbons (Fsp3) is 0.194. The summed E-state index contributed by atoms with van der Waals surface area (Å²) in [5, 5.41) is 17.7. The molecule has 1 atom stereocenters. The maximum atomic E-state index is 14.5. The number of amides is 1. The summed E-state index contributed by atoms with van der Waals surface area (Å²) in [5.74, 6) is -0.839. The van der Waals surface area contributed by atoms with E-state index in [9.17, 15) is 14.0 Å². The van der Waals surface area contributed by atoms with Crippen molar-refractivity contribution in [2.75, 3.05) is 11.1 Å². The number of benzene rings is 3. The molecule has 5 aromatic rings. The van der Waals surface area contributed by atoms with Gasteiger partial charge in [0.15, 0.2) is 5.82 Å². The fourth-order valence-electron chi connectivity index (χ4n) is 5.46. The predicted molar refractivity (Wildman–Crippen MR) is 158 cm³/mol. The predicted octanol–water partition coefficient (Wildman–Crippen LogP) is 5.58. The van der Waals surface area contributed by atoms with Gasteiger partial charge in [-0.3, -0.25) is 14.3 Å². The molecule has 4 N–H and O–H groups in total. The standard InChI is InChI=1S/C31H26ClFN6O3/c1-31(19-11-9-17(10-12-19)5-4-8-24(40)41)25-27(34)35-29(36-28(25)37-30(31)42)26-21-14-13-20(32)15-23(21)39(38-26)16-18-6-2-3-7-22(18)33/h2-3,6-7,9-15H,4-5,8,16H2,1H3,(H,40,41)(H3,34,35,36,37,42)/t31-/m0/s1. The average Bonchev–Trinajstić information content (AvgIpc) is 3.44. The van der Waals surface area contributed by atoms with E-state index in [1.165, 1.54) is 6.07 Å². The van der Waals surface area contributed by atoms with Gasteiger partial charge in [-0.05, 0) is 55.2 Å². The fourth-order valence-corrected chi connectivity index (χ4v) is 5.62. The molecule has 0 spiro atoms. The third-order valence-electron chi connectivity index (χ3n) is 7.71. The van der Waals surface area contributed by atoms with E-state index in [0.717, 1.165) is 5.56 Å². The lowest BCUT2D eigenvalue weighted by Crippen LogP contribution is -2.33. The van der Waals surface area contributed by atoms with Gasteiger partial charge in [0, 0.05) is 22.4 Å². The second kappa shape index (κ2) is 10.5. The zero-order valence-electron chi connectivity index (χ0n) is 22.6. The van der Waals surface area contributed by atoms with Crippen molar-refractivity contribution in [1.82, 2.24) is 19.7 Å². The SMILES string of the molecule is C[C@@]1(c2ccc(CCCC(=O)O)cc2)C(=O)Nc2nc(-c3nn(Cc4ccccc4F)c4cc(Cl)ccc34)nc(N)c21. The Morgan fingerprint density at radius 1 is 1.12 bits per heavy atom. The van der Waals surface area contributed by atoms with Gasteiger partial charge in [-0.25, -0.2) is 14.4 Å². The van der Waals surface area contributed by atoms with Crippen molar-refractivity contribution in [1.29, 1.82) is 0 Å². The Hall–Kier alpha value is -4.83. The monoisotopic (exact) mass is 584 g/mol. The molecule has 0 bridgehead atoms. The molecule has 1 aliphatic heterocycles. The molecule has 0 saturated heterocycles. The number of rotatable bonds is 8. The maximum Gasteiger partial charge on any atom is 0.303 e. The molecule has 1 aliphatic rings. The van der Waals surface area contributed by atoms with Crippen molar-refractivity contribution in [3.8, 4) is 11.5 Å². The number of carboxylic acids is 1. The molecule has 0 aliphatic carbocycles. The number of halogens is 2. The zero-order chi connectivity index (χ0) is 29.6. The van der Waals surface area contributed by atoms with Crippen LogP contribution in [0.25, 0.3) is 22.4 Å². The average molecular weight is 585 g/mol. The minimum Gasteiger partial charge on any atom is -0.481 e. The van der Waals surface area contributed by atoms with Crippen molar-refractivity contribution in [2.24, 2.45) is 0 Å². The first-order chi connectivity index (χ1) is 20.1. The quantitative estimate of drug-likeness (QED) is 0.216. The van der Waals surface area contributed by atoms with Gasteiger partial charge in [0.05, 0.1) is 17.6 Å². The first-order valence-electron chi connectivity index (χ1n) is 13.4. The Morgan fingerprint density at radius 2 is 1.88 bits per heavy atom. The highest BCUT2D eigenvalue weighted by molar-refractivity contribution is 6.31. The van der Waals surface area contributed by atoms with E-state index in [2.05, 4.69) is 15.3 Å². The number of carbonyl (C=O) groups is 2. The van der Waals surface area contributed by atoms with E-state index in [-0.39, 0.29) is 36.3 Å². The second-order valence-electron chi connectivity index (χ2n) is 10.4. The summed E-state index contributed by atoms with van der Waals surface area (Å²) in [4.78, 5) is 33.5. The number of carboxylic acid groups (broad SMARTS) is 1. The number of hydrogen-bond acceptors (Lipinski definition) is 6. The number of nitrogens with two attached hydrogens (primary N) is 1. The minimum absolute atomic E-state index is 0.0924. The number of carbonyl (C=O) groups excluding carboxylic acids is 1. The third-order valence-corrected chi connectivity index (χ3v) is 7.95. The van der Waals surface area contributed by atoms with Gasteiger partial charge in [-0.1, -0.05) is 54.1 Å². The molecule has 3 heterocycles. The van der Waals surface area contributed by atoms with Gasteiger partial charge in [0.1, 0.15) is 28.6 Å². The Labute approximate surface area is 245 Å². The van der Waals surface area contributed by atoms with E-state index in [0.29, 0.717) is 57.0 Å². The van der Waals surface area contributed by atoms with Crippen molar-refractivity contribution in [2.45, 2.75) is 38.1 Å². The van der Waals surface area contributed by atoms with Crippen LogP contribution >= 0.6 is 11.6 Å². The number of hydrogen-bond donors (Lipinski definition) is 3. The molecule has 0 fully saturated rings. The minimum atomic E-state index is -1.14. The molecule has 3 aromatic carbocycles. The number of nitrogen functional groups attached to an aromatic ring is 1. The number of aryl methyl sites for hydroxylation is 1. The molecule has 6 rings (SSSR count). The van der Waals surface area contributed by atoms with Crippen LogP contribution in [0, 0.1) is 5.82 Å². The summed E-state index contributed by atoms with van der Waals surface area (Å²) in [5.41, 5.74) is 9.07. The Bertz CT molecular complexity index is 1870. The van der Waals surface area contributed by atoms with Gasteiger partial charge in [0.2, 0.25) is 5.91 Å². The van der Waals surface area contributed by atoms with Crippen LogP contribution in [-0.4, -0.2) is 36.7 Å². The smallest absolute Gasteiger partial charge is 0.303 e. The highest BCUT2D eigenvalue weighted by atomic mass is 35.5. The maximum absolute atomic E-state index is 14.5. The number of anilines is 2. The van der Waals surface area contributed by atoms with Crippen molar-refractivity contribution in [3.05, 3.63) is 99.8 Å². The first-order valence-corrected chi connectivity index (χ1v) is 13.7. The molecule has 9 nitrogen and oxygen atoms in total. The zero-order valence-corrected chi connectivity index (χ0v) is 23.3. The lowest BCUT2D eigenvalue weighted by molar-refractivity contribution is -0.137. The molecule has 1 amide bonds. The van der Waals surface area contributed by atoms with E-state index in [1.807, 2.05) is 24.3 Å². The van der Waals surface area contributed by atoms with Gasteiger partial charge in [-0.15, -0.1) is 0 Å². The van der Waals surface area contributed by atoms with Crippen molar-refractivity contribution < 1.29 is 19.1 Å². The van der Waals surface area contributed by atoms with E-state index in [4.69, 9.17) is 27.5 Å². The van der Waals surface area contributed by atoms with Gasteiger partial charge >= 0.3 is 5.97 Å². The van der Waals surface area contributed by atoms with Crippen molar-refractivity contribution >= 4 is 46.0 Å². The molecular formula is C31H26ClFN6O3. The lowest BCUT2D eigenvalue weighted by Gasteiger charge is -2.23. The highest BCUT2D eigenvalue weighted by Gasteiger charge is 2.47. The van der Waals surface area contributed by atoms with Crippen LogP contribution < -0.4 is 11.1 Å². The molecule has 0 saturated carbocycles. The summed E-state index contributed by atoms with van der Waals surface area (Å²) in [6.45, 7) is 1.93. The van der Waals surface area contributed by atoms with Gasteiger partial charge < -0.3 is 16.2 Å². The molecule has 212 valence electrons. The van der Waals surface area contributed by atoms with Crippen LogP contribution in [0.5, 0.6) is 0 Å². The summed E-state index contributed by atoms with van der Waals surface area (Å²) >= 11 is 6.30. The molecule has 11 heteroatoms. The summed E-state index contributed by atoms with van der Waals surface area (Å²) < 4.78 is 16.1. The summed E-state index contributed by atoms with van der Waals surface area (Å²) in [6, 6.07) is 19.2. The lowest BCUT2D eigenvalue weighted by atomic mass is 9.77. The van der Waals surface area contributed by atoms with Gasteiger partial charge in [0.25, 0.3) is 0 Å². The van der Waals surface area contributed by atoms with Crippen LogP contribution in [0.2, 0.25) is 5.02 Å². The van der Waals surface area contributed by atoms with Crippen LogP contribution in [0.15, 0.2) is 66.7 Å². The largest absolute Gasteiger partial charge is 0.481 e. The highest BCUT2D eigenvalue weighted by Crippen LogP contribution is 2.45. The summed E-state index contributed by atoms with van der Waals surface area (Å²) in [7, 11) is 0. The topological polar surface area (TPSA) is 136 Å². The van der Waals surface area contributed by atoms with E-state index in [1.54, 1.807) is 48.0 Å². The molecule has 42 heavy (non-hydrogen) atoms. The number of nitrogens with one attached hydrogen (secondary N) is 1. The number of nitrogens with zero attached hydrogens (tertiary/aromatic N) is 4. The molecular weight excluding hydrogens is 559 g/mol. The normalized spacial score (nSPS) is 16.0. The number of aliphatic carboxylic acids is 1. The van der Waals surface area contributed by atoms with Crippen LogP contribution in [0.3, 0.4) is 0 Å². The molecule has 0 radical (unpaired) electrons. The van der Waals surface area contributed by atoms with Crippen LogP contribution in [0.1, 0.15) is 42.0 Å². The number of aromatic nitrogens is 4. The Morgan fingerprint density at radius 3 is 2.62 bits per heavy atom. The van der Waals surface area contributed by atoms with E-state index >= 15 is 0 Å². The van der Waals surface area contributed by atoms with Crippen LogP contribution in [-0.2, 0) is 28.0 Å². The first kappa shape index (κ1) is 27.3. The van der Waals surface area contributed by atoms with Crippen LogP contribution in [0.4, 0.5) is 16.0 Å². The Balaban J connectivity index is 1.38. The third kappa shape index (κ3) is 4.73. The van der Waals surface area contributed by atoms with Crippen molar-refractivity contribution in [3.63, 3.8) is 0 Å². The summed E-state index contributed by atoms with van der Waals surface area (Å²) in [6.07, 6.45) is 1.23. The van der Waals surface area contributed by atoms with Gasteiger partial charge in [-0.2, -0.15) is 5.10 Å². The second-order valence-corrected chi connectivity index (χ2v) is 10.9. The Kier molecular flexibility index (Phi) is 6.86. The van der Waals surface area contributed by atoms with E-state index < -0.39 is 11.4 Å². The molecule has 0 unspecified atom stereocenters.